The zero-order valence-electron chi connectivity index (χ0n) is 10.8. The Morgan fingerprint density at radius 1 is 1.00 bits per heavy atom. The van der Waals surface area contributed by atoms with Crippen molar-refractivity contribution in [2.75, 3.05) is 13.2 Å². The maximum Gasteiger partial charge on any atom is 0.122 e. The highest BCUT2D eigenvalue weighted by Crippen LogP contribution is 2.16. The zero-order chi connectivity index (χ0) is 14.4. The van der Waals surface area contributed by atoms with Gasteiger partial charge in [0.05, 0.1) is 0 Å². The van der Waals surface area contributed by atoms with Gasteiger partial charge in [0, 0.05) is 10.0 Å². The largest absolute Gasteiger partial charge is 0.490 e. The molecule has 0 bridgehead atoms. The number of rotatable bonds is 6. The fourth-order valence-electron chi connectivity index (χ4n) is 1.60. The number of nitrogens with one attached hydrogen (secondary N) is 1. The second kappa shape index (κ2) is 6.96. The van der Waals surface area contributed by atoms with Crippen molar-refractivity contribution in [2.24, 2.45) is 5.73 Å². The summed E-state index contributed by atoms with van der Waals surface area (Å²) in [5, 5.41) is 7.37. The first-order valence-electron chi connectivity index (χ1n) is 6.11. The second-order valence-electron chi connectivity index (χ2n) is 4.09. The molecule has 0 radical (unpaired) electrons. The molecule has 4 nitrogen and oxygen atoms in total. The summed E-state index contributed by atoms with van der Waals surface area (Å²) >= 11 is 3.37. The van der Waals surface area contributed by atoms with Gasteiger partial charge in [0.2, 0.25) is 0 Å². The van der Waals surface area contributed by atoms with Crippen molar-refractivity contribution in [3.8, 4) is 11.5 Å². The van der Waals surface area contributed by atoms with Crippen molar-refractivity contribution in [3.05, 3.63) is 58.6 Å². The number of hydrogen-bond acceptors (Lipinski definition) is 3. The maximum atomic E-state index is 7.37. The van der Waals surface area contributed by atoms with E-state index in [9.17, 15) is 0 Å². The summed E-state index contributed by atoms with van der Waals surface area (Å²) in [6, 6.07) is 14.8. The number of benzene rings is 2. The Kier molecular flexibility index (Phi) is 5.01. The van der Waals surface area contributed by atoms with Crippen molar-refractivity contribution < 1.29 is 9.47 Å². The van der Waals surface area contributed by atoms with Crippen LogP contribution in [-0.2, 0) is 0 Å². The standard InChI is InChI=1S/C15H15BrN2O2/c16-12-4-6-13(7-5-12)19-8-9-20-14-3-1-2-11(10-14)15(17)18/h1-7,10H,8-9H2,(H3,17,18). The Morgan fingerprint density at radius 2 is 1.65 bits per heavy atom. The summed E-state index contributed by atoms with van der Waals surface area (Å²) in [4.78, 5) is 0. The molecule has 0 atom stereocenters. The predicted molar refractivity (Wildman–Crippen MR) is 82.6 cm³/mol. The first-order chi connectivity index (χ1) is 9.65. The molecule has 0 aliphatic heterocycles. The van der Waals surface area contributed by atoms with E-state index in [2.05, 4.69) is 15.9 Å². The lowest BCUT2D eigenvalue weighted by molar-refractivity contribution is 0.217. The topological polar surface area (TPSA) is 68.3 Å². The van der Waals surface area contributed by atoms with Gasteiger partial charge < -0.3 is 15.2 Å². The number of halogens is 1. The molecular formula is C15H15BrN2O2. The minimum Gasteiger partial charge on any atom is -0.490 e. The van der Waals surface area contributed by atoms with Crippen LogP contribution in [0.4, 0.5) is 0 Å². The van der Waals surface area contributed by atoms with Gasteiger partial charge in [-0.25, -0.2) is 0 Å². The smallest absolute Gasteiger partial charge is 0.122 e. The Labute approximate surface area is 126 Å². The summed E-state index contributed by atoms with van der Waals surface area (Å²) in [6.07, 6.45) is 0. The van der Waals surface area contributed by atoms with Crippen LogP contribution in [0.2, 0.25) is 0 Å². The van der Waals surface area contributed by atoms with E-state index in [1.807, 2.05) is 36.4 Å². The van der Waals surface area contributed by atoms with Crippen LogP contribution in [0.25, 0.3) is 0 Å². The summed E-state index contributed by atoms with van der Waals surface area (Å²) < 4.78 is 12.1. The molecular weight excluding hydrogens is 320 g/mol. The van der Waals surface area contributed by atoms with E-state index in [-0.39, 0.29) is 5.84 Å². The molecule has 20 heavy (non-hydrogen) atoms. The lowest BCUT2D eigenvalue weighted by atomic mass is 10.2. The third kappa shape index (κ3) is 4.28. The van der Waals surface area contributed by atoms with E-state index in [0.717, 1.165) is 10.2 Å². The van der Waals surface area contributed by atoms with Crippen LogP contribution in [0.15, 0.2) is 53.0 Å². The molecule has 0 aliphatic rings. The van der Waals surface area contributed by atoms with Crippen LogP contribution < -0.4 is 15.2 Å². The van der Waals surface area contributed by atoms with Gasteiger partial charge in [-0.2, -0.15) is 0 Å². The summed E-state index contributed by atoms with van der Waals surface area (Å²) in [5.74, 6) is 1.51. The van der Waals surface area contributed by atoms with E-state index >= 15 is 0 Å². The van der Waals surface area contributed by atoms with Crippen molar-refractivity contribution in [2.45, 2.75) is 0 Å². The van der Waals surface area contributed by atoms with Gasteiger partial charge in [-0.3, -0.25) is 5.41 Å². The van der Waals surface area contributed by atoms with Crippen LogP contribution in [-0.4, -0.2) is 19.0 Å². The molecule has 0 heterocycles. The molecule has 0 saturated heterocycles. The van der Waals surface area contributed by atoms with Crippen molar-refractivity contribution in [1.82, 2.24) is 0 Å². The van der Waals surface area contributed by atoms with E-state index in [4.69, 9.17) is 20.6 Å². The molecule has 0 spiro atoms. The molecule has 0 unspecified atom stereocenters. The quantitative estimate of drug-likeness (QED) is 0.484. The van der Waals surface area contributed by atoms with Gasteiger partial charge in [0.25, 0.3) is 0 Å². The van der Waals surface area contributed by atoms with Gasteiger partial charge in [-0.15, -0.1) is 0 Å². The van der Waals surface area contributed by atoms with Gasteiger partial charge >= 0.3 is 0 Å². The van der Waals surface area contributed by atoms with Crippen LogP contribution in [0.3, 0.4) is 0 Å². The third-order valence-corrected chi connectivity index (χ3v) is 3.11. The number of hydrogen-bond donors (Lipinski definition) is 2. The average molecular weight is 335 g/mol. The molecule has 0 saturated carbocycles. The van der Waals surface area contributed by atoms with Crippen LogP contribution >= 0.6 is 15.9 Å². The summed E-state index contributed by atoms with van der Waals surface area (Å²) in [6.45, 7) is 0.878. The third-order valence-electron chi connectivity index (χ3n) is 2.58. The first-order valence-corrected chi connectivity index (χ1v) is 6.90. The van der Waals surface area contributed by atoms with Gasteiger partial charge in [0.15, 0.2) is 0 Å². The molecule has 5 heteroatoms. The lowest BCUT2D eigenvalue weighted by Gasteiger charge is -2.09. The molecule has 0 amide bonds. The van der Waals surface area contributed by atoms with Gasteiger partial charge in [-0.05, 0) is 36.4 Å². The van der Waals surface area contributed by atoms with Gasteiger partial charge in [-0.1, -0.05) is 28.1 Å². The minimum absolute atomic E-state index is 0.0292. The van der Waals surface area contributed by atoms with E-state index in [0.29, 0.717) is 24.5 Å². The monoisotopic (exact) mass is 334 g/mol. The Balaban J connectivity index is 1.79. The fourth-order valence-corrected chi connectivity index (χ4v) is 1.87. The van der Waals surface area contributed by atoms with Crippen LogP contribution in [0, 0.1) is 5.41 Å². The van der Waals surface area contributed by atoms with E-state index in [1.54, 1.807) is 12.1 Å². The second-order valence-corrected chi connectivity index (χ2v) is 5.01. The Hall–Kier alpha value is -2.01. The van der Waals surface area contributed by atoms with E-state index in [1.165, 1.54) is 0 Å². The number of nitrogens with two attached hydrogens (primary N) is 1. The summed E-state index contributed by atoms with van der Waals surface area (Å²) in [7, 11) is 0. The fraction of sp³-hybridized carbons (Fsp3) is 0.133. The van der Waals surface area contributed by atoms with Crippen molar-refractivity contribution in [1.29, 1.82) is 5.41 Å². The molecule has 0 aliphatic carbocycles. The van der Waals surface area contributed by atoms with Crippen molar-refractivity contribution >= 4 is 21.8 Å². The minimum atomic E-state index is 0.0292. The maximum absolute atomic E-state index is 7.37. The zero-order valence-corrected chi connectivity index (χ0v) is 12.4. The van der Waals surface area contributed by atoms with Gasteiger partial charge in [0.1, 0.15) is 30.5 Å². The highest BCUT2D eigenvalue weighted by atomic mass is 79.9. The van der Waals surface area contributed by atoms with Crippen LogP contribution in [0.5, 0.6) is 11.5 Å². The Bertz CT molecular complexity index is 585. The predicted octanol–water partition coefficient (Wildman–Crippen LogP) is 3.19. The molecule has 2 rings (SSSR count). The number of amidine groups is 1. The molecule has 2 aromatic rings. The molecule has 0 aromatic heterocycles. The highest BCUT2D eigenvalue weighted by Gasteiger charge is 2.00. The molecule has 104 valence electrons. The SMILES string of the molecule is N=C(N)c1cccc(OCCOc2ccc(Br)cc2)c1. The average Bonchev–Trinajstić information content (AvgIpc) is 2.46. The Morgan fingerprint density at radius 3 is 2.30 bits per heavy atom. The number of nitrogen functional groups attached to an aromatic ring is 1. The molecule has 2 aromatic carbocycles. The summed E-state index contributed by atoms with van der Waals surface area (Å²) in [5.41, 5.74) is 6.07. The highest BCUT2D eigenvalue weighted by molar-refractivity contribution is 9.10. The van der Waals surface area contributed by atoms with E-state index < -0.39 is 0 Å². The number of ether oxygens (including phenoxy) is 2. The first kappa shape index (κ1) is 14.4. The molecule has 0 fully saturated rings. The van der Waals surface area contributed by atoms with Crippen LogP contribution in [0.1, 0.15) is 5.56 Å². The molecule has 3 N–H and O–H groups in total. The lowest BCUT2D eigenvalue weighted by Crippen LogP contribution is -2.12. The van der Waals surface area contributed by atoms with Crippen molar-refractivity contribution in [3.63, 3.8) is 0 Å². The normalized spacial score (nSPS) is 10.1.